The summed E-state index contributed by atoms with van der Waals surface area (Å²) in [7, 11) is 1.95. The van der Waals surface area contributed by atoms with Crippen molar-refractivity contribution in [2.75, 3.05) is 7.05 Å². The summed E-state index contributed by atoms with van der Waals surface area (Å²) in [5.41, 5.74) is 4.26. The van der Waals surface area contributed by atoms with E-state index >= 15 is 0 Å². The molecule has 1 aromatic carbocycles. The first kappa shape index (κ1) is 15.6. The normalized spacial score (nSPS) is 22.6. The zero-order valence-corrected chi connectivity index (χ0v) is 14.5. The summed E-state index contributed by atoms with van der Waals surface area (Å²) >= 11 is 3.75. The molecule has 0 radical (unpaired) electrons. The highest BCUT2D eigenvalue weighted by molar-refractivity contribution is 9.09. The molecule has 1 aliphatic rings. The van der Waals surface area contributed by atoms with Crippen LogP contribution in [0.5, 0.6) is 0 Å². The summed E-state index contributed by atoms with van der Waals surface area (Å²) in [6.07, 6.45) is 4.74. The van der Waals surface area contributed by atoms with Crippen molar-refractivity contribution in [1.82, 2.24) is 4.90 Å². The van der Waals surface area contributed by atoms with Gasteiger partial charge in [0.15, 0.2) is 0 Å². The number of hydrogen-bond acceptors (Lipinski definition) is 1. The van der Waals surface area contributed by atoms with Gasteiger partial charge in [-0.2, -0.15) is 0 Å². The van der Waals surface area contributed by atoms with E-state index in [0.29, 0.717) is 10.9 Å². The smallest absolute Gasteiger partial charge is 0.254 e. The van der Waals surface area contributed by atoms with Crippen LogP contribution in [0.3, 0.4) is 0 Å². The van der Waals surface area contributed by atoms with Crippen molar-refractivity contribution in [1.29, 1.82) is 0 Å². The number of aryl methyl sites for hydroxylation is 3. The lowest BCUT2D eigenvalue weighted by molar-refractivity contribution is 0.0703. The minimum Gasteiger partial charge on any atom is -0.338 e. The molecule has 110 valence electrons. The number of hydrogen-bond donors (Lipinski definition) is 0. The molecule has 0 heterocycles. The van der Waals surface area contributed by atoms with Gasteiger partial charge in [-0.05, 0) is 44.7 Å². The quantitative estimate of drug-likeness (QED) is 0.733. The highest BCUT2D eigenvalue weighted by Crippen LogP contribution is 2.29. The van der Waals surface area contributed by atoms with E-state index in [1.54, 1.807) is 0 Å². The van der Waals surface area contributed by atoms with E-state index in [4.69, 9.17) is 0 Å². The first-order valence-corrected chi connectivity index (χ1v) is 8.32. The van der Waals surface area contributed by atoms with Crippen LogP contribution in [0.15, 0.2) is 12.1 Å². The molecule has 20 heavy (non-hydrogen) atoms. The lowest BCUT2D eigenvalue weighted by Gasteiger charge is -2.35. The number of nitrogens with zero attached hydrogens (tertiary/aromatic N) is 1. The van der Waals surface area contributed by atoms with Gasteiger partial charge in [-0.1, -0.05) is 46.5 Å². The number of alkyl halides is 1. The van der Waals surface area contributed by atoms with E-state index < -0.39 is 0 Å². The van der Waals surface area contributed by atoms with Crippen LogP contribution in [0.2, 0.25) is 0 Å². The Labute approximate surface area is 130 Å². The van der Waals surface area contributed by atoms with E-state index in [-0.39, 0.29) is 5.91 Å². The second-order valence-corrected chi connectivity index (χ2v) is 7.23. The van der Waals surface area contributed by atoms with Crippen LogP contribution in [-0.2, 0) is 0 Å². The molecular weight excluding hydrogens is 314 g/mol. The summed E-state index contributed by atoms with van der Waals surface area (Å²) in [5, 5.41) is 0. The van der Waals surface area contributed by atoms with Gasteiger partial charge in [0.2, 0.25) is 0 Å². The third-order valence-corrected chi connectivity index (χ3v) is 5.42. The summed E-state index contributed by atoms with van der Waals surface area (Å²) in [6.45, 7) is 6.15. The molecule has 1 aliphatic carbocycles. The number of amides is 1. The first-order valence-electron chi connectivity index (χ1n) is 7.41. The van der Waals surface area contributed by atoms with Gasteiger partial charge in [0.05, 0.1) is 0 Å². The number of carbonyl (C=O) groups excluding carboxylic acids is 1. The topological polar surface area (TPSA) is 20.3 Å². The van der Waals surface area contributed by atoms with Gasteiger partial charge in [0.25, 0.3) is 5.91 Å². The van der Waals surface area contributed by atoms with E-state index in [1.165, 1.54) is 18.4 Å². The Morgan fingerprint density at radius 3 is 2.25 bits per heavy atom. The average Bonchev–Trinajstić information content (AvgIpc) is 2.37. The molecular formula is C17H24BrNO. The molecule has 0 aromatic heterocycles. The van der Waals surface area contributed by atoms with Crippen molar-refractivity contribution < 1.29 is 4.79 Å². The van der Waals surface area contributed by atoms with Gasteiger partial charge in [-0.25, -0.2) is 0 Å². The van der Waals surface area contributed by atoms with Crippen LogP contribution in [0.4, 0.5) is 0 Å². The lowest BCUT2D eigenvalue weighted by atomic mass is 9.92. The predicted octanol–water partition coefficient (Wildman–Crippen LogP) is 4.39. The molecule has 1 aromatic rings. The maximum atomic E-state index is 12.8. The van der Waals surface area contributed by atoms with Gasteiger partial charge in [-0.15, -0.1) is 0 Å². The molecule has 2 nitrogen and oxygen atoms in total. The molecule has 0 N–H and O–H groups in total. The Morgan fingerprint density at radius 2 is 1.70 bits per heavy atom. The van der Waals surface area contributed by atoms with Crippen LogP contribution in [-0.4, -0.2) is 28.7 Å². The van der Waals surface area contributed by atoms with Gasteiger partial charge < -0.3 is 4.90 Å². The molecule has 0 spiro atoms. The highest BCUT2D eigenvalue weighted by atomic mass is 79.9. The monoisotopic (exact) mass is 337 g/mol. The van der Waals surface area contributed by atoms with Gasteiger partial charge in [0, 0.05) is 23.5 Å². The minimum absolute atomic E-state index is 0.163. The average molecular weight is 338 g/mol. The third-order valence-electron chi connectivity index (χ3n) is 4.36. The summed E-state index contributed by atoms with van der Waals surface area (Å²) in [4.78, 5) is 15.2. The van der Waals surface area contributed by atoms with Crippen molar-refractivity contribution >= 4 is 21.8 Å². The number of halogens is 1. The van der Waals surface area contributed by atoms with Crippen molar-refractivity contribution in [3.63, 3.8) is 0 Å². The van der Waals surface area contributed by atoms with Crippen LogP contribution in [0.1, 0.15) is 52.7 Å². The standard InChI is InChI=1S/C17H24BrNO/c1-11-9-12(2)16(13(3)10-11)17(20)19(4)15-8-6-5-7-14(15)18/h9-10,14-15H,5-8H2,1-4H3. The van der Waals surface area contributed by atoms with Crippen LogP contribution >= 0.6 is 15.9 Å². The van der Waals surface area contributed by atoms with Gasteiger partial charge in [-0.3, -0.25) is 4.79 Å². The zero-order valence-electron chi connectivity index (χ0n) is 12.9. The molecule has 3 heteroatoms. The van der Waals surface area contributed by atoms with Crippen LogP contribution in [0, 0.1) is 20.8 Å². The van der Waals surface area contributed by atoms with E-state index in [0.717, 1.165) is 29.5 Å². The molecule has 2 atom stereocenters. The van der Waals surface area contributed by atoms with E-state index in [2.05, 4.69) is 35.0 Å². The molecule has 2 rings (SSSR count). The van der Waals surface area contributed by atoms with Crippen LogP contribution < -0.4 is 0 Å². The van der Waals surface area contributed by atoms with Crippen molar-refractivity contribution in [3.8, 4) is 0 Å². The van der Waals surface area contributed by atoms with Crippen molar-refractivity contribution in [2.45, 2.75) is 57.3 Å². The highest BCUT2D eigenvalue weighted by Gasteiger charge is 2.30. The predicted molar refractivity (Wildman–Crippen MR) is 87.7 cm³/mol. The Bertz CT molecular complexity index is 489. The van der Waals surface area contributed by atoms with Gasteiger partial charge >= 0.3 is 0 Å². The van der Waals surface area contributed by atoms with E-state index in [1.807, 2.05) is 25.8 Å². The molecule has 1 saturated carbocycles. The molecule has 0 bridgehead atoms. The number of rotatable bonds is 2. The fraction of sp³-hybridized carbons (Fsp3) is 0.588. The Balaban J connectivity index is 2.27. The third kappa shape index (κ3) is 3.08. The van der Waals surface area contributed by atoms with Crippen LogP contribution in [0.25, 0.3) is 0 Å². The second-order valence-electron chi connectivity index (χ2n) is 6.06. The Morgan fingerprint density at radius 1 is 1.15 bits per heavy atom. The molecule has 0 aliphatic heterocycles. The molecule has 0 saturated heterocycles. The van der Waals surface area contributed by atoms with Crippen molar-refractivity contribution in [3.05, 3.63) is 34.4 Å². The largest absolute Gasteiger partial charge is 0.338 e. The van der Waals surface area contributed by atoms with Crippen molar-refractivity contribution in [2.24, 2.45) is 0 Å². The zero-order chi connectivity index (χ0) is 14.9. The number of carbonyl (C=O) groups is 1. The Hall–Kier alpha value is -0.830. The van der Waals surface area contributed by atoms with E-state index in [9.17, 15) is 4.79 Å². The fourth-order valence-electron chi connectivity index (χ4n) is 3.35. The molecule has 1 fully saturated rings. The molecule has 2 unspecified atom stereocenters. The first-order chi connectivity index (χ1) is 9.41. The minimum atomic E-state index is 0.163. The summed E-state index contributed by atoms with van der Waals surface area (Å²) < 4.78 is 0. The maximum Gasteiger partial charge on any atom is 0.254 e. The van der Waals surface area contributed by atoms with Gasteiger partial charge in [0.1, 0.15) is 0 Å². The Kier molecular flexibility index (Phi) is 4.90. The number of benzene rings is 1. The molecule has 1 amide bonds. The maximum absolute atomic E-state index is 12.8. The fourth-order valence-corrected chi connectivity index (χ4v) is 4.29. The summed E-state index contributed by atoms with van der Waals surface area (Å²) in [5.74, 6) is 0.163. The summed E-state index contributed by atoms with van der Waals surface area (Å²) in [6, 6.07) is 4.51. The lowest BCUT2D eigenvalue weighted by Crippen LogP contribution is -2.44. The SMILES string of the molecule is Cc1cc(C)c(C(=O)N(C)C2CCCCC2Br)c(C)c1. The second kappa shape index (κ2) is 6.30.